The average molecular weight is 290 g/mol. The van der Waals surface area contributed by atoms with Crippen LogP contribution in [-0.4, -0.2) is 27.6 Å². The van der Waals surface area contributed by atoms with Crippen LogP contribution < -0.4 is 5.32 Å². The lowest BCUT2D eigenvalue weighted by Gasteiger charge is -2.17. The highest BCUT2D eigenvalue weighted by molar-refractivity contribution is 7.99. The van der Waals surface area contributed by atoms with Gasteiger partial charge >= 0.3 is 0 Å². The summed E-state index contributed by atoms with van der Waals surface area (Å²) in [4.78, 5) is 0. The Bertz CT molecular complexity index is 571. The predicted molar refractivity (Wildman–Crippen MR) is 84.2 cm³/mol. The van der Waals surface area contributed by atoms with Crippen molar-refractivity contribution in [1.82, 2.24) is 20.1 Å². The molecule has 1 aromatic heterocycles. The molecular formula is C15H22N4S. The van der Waals surface area contributed by atoms with Crippen LogP contribution >= 0.6 is 11.8 Å². The summed E-state index contributed by atoms with van der Waals surface area (Å²) in [6.45, 7) is 6.25. The van der Waals surface area contributed by atoms with E-state index in [9.17, 15) is 0 Å². The van der Waals surface area contributed by atoms with Gasteiger partial charge in [0.2, 0.25) is 0 Å². The number of rotatable bonds is 5. The monoisotopic (exact) mass is 290 g/mol. The van der Waals surface area contributed by atoms with Crippen LogP contribution in [0.15, 0.2) is 23.4 Å². The first-order chi connectivity index (χ1) is 9.51. The Hall–Kier alpha value is -1.33. The zero-order valence-corrected chi connectivity index (χ0v) is 13.6. The van der Waals surface area contributed by atoms with E-state index in [-0.39, 0.29) is 0 Å². The molecule has 0 fully saturated rings. The van der Waals surface area contributed by atoms with Gasteiger partial charge in [-0.1, -0.05) is 41.1 Å². The molecule has 5 heteroatoms. The first kappa shape index (κ1) is 15.1. The Labute approximate surface area is 125 Å². The molecule has 0 spiro atoms. The molecule has 0 amide bonds. The SMILES string of the molecule is CNC(CSc1nnc(C)n1C)c1cc(C)cc(C)c1. The summed E-state index contributed by atoms with van der Waals surface area (Å²) < 4.78 is 2.03. The molecular weight excluding hydrogens is 268 g/mol. The van der Waals surface area contributed by atoms with Gasteiger partial charge < -0.3 is 9.88 Å². The molecule has 1 atom stereocenters. The molecule has 2 rings (SSSR count). The molecule has 0 aliphatic heterocycles. The molecule has 0 aliphatic carbocycles. The van der Waals surface area contributed by atoms with Gasteiger partial charge in [-0.3, -0.25) is 0 Å². The molecule has 1 unspecified atom stereocenters. The highest BCUT2D eigenvalue weighted by Gasteiger charge is 2.13. The molecule has 0 radical (unpaired) electrons. The second kappa shape index (κ2) is 6.41. The van der Waals surface area contributed by atoms with Crippen molar-refractivity contribution in [3.63, 3.8) is 0 Å². The average Bonchev–Trinajstić information content (AvgIpc) is 2.70. The second-order valence-corrected chi connectivity index (χ2v) is 6.15. The fourth-order valence-corrected chi connectivity index (χ4v) is 3.33. The number of hydrogen-bond acceptors (Lipinski definition) is 4. The molecule has 0 saturated heterocycles. The van der Waals surface area contributed by atoms with E-state index in [4.69, 9.17) is 0 Å². The van der Waals surface area contributed by atoms with Crippen molar-refractivity contribution >= 4 is 11.8 Å². The molecule has 0 aliphatic rings. The summed E-state index contributed by atoms with van der Waals surface area (Å²) in [5, 5.41) is 12.6. The maximum Gasteiger partial charge on any atom is 0.191 e. The van der Waals surface area contributed by atoms with Crippen molar-refractivity contribution in [1.29, 1.82) is 0 Å². The predicted octanol–water partition coefficient (Wildman–Crippen LogP) is 2.79. The molecule has 1 heterocycles. The fraction of sp³-hybridized carbons (Fsp3) is 0.467. The number of benzene rings is 1. The molecule has 108 valence electrons. The summed E-state index contributed by atoms with van der Waals surface area (Å²) in [5.41, 5.74) is 3.94. The molecule has 20 heavy (non-hydrogen) atoms. The maximum atomic E-state index is 4.20. The Kier molecular flexibility index (Phi) is 4.83. The minimum absolute atomic E-state index is 0.315. The summed E-state index contributed by atoms with van der Waals surface area (Å²) in [7, 11) is 4.01. The van der Waals surface area contributed by atoms with Crippen LogP contribution in [0.5, 0.6) is 0 Å². The zero-order valence-electron chi connectivity index (χ0n) is 12.8. The highest BCUT2D eigenvalue weighted by atomic mass is 32.2. The third kappa shape index (κ3) is 3.41. The molecule has 0 saturated carbocycles. The van der Waals surface area contributed by atoms with Gasteiger partial charge in [0, 0.05) is 18.8 Å². The van der Waals surface area contributed by atoms with Crippen molar-refractivity contribution in [3.8, 4) is 0 Å². The molecule has 1 N–H and O–H groups in total. The largest absolute Gasteiger partial charge is 0.312 e. The number of aromatic nitrogens is 3. The number of nitrogens with zero attached hydrogens (tertiary/aromatic N) is 3. The van der Waals surface area contributed by atoms with E-state index in [1.807, 2.05) is 25.6 Å². The van der Waals surface area contributed by atoms with E-state index in [2.05, 4.69) is 47.6 Å². The van der Waals surface area contributed by atoms with Crippen molar-refractivity contribution in [2.24, 2.45) is 7.05 Å². The minimum atomic E-state index is 0.315. The maximum absolute atomic E-state index is 4.20. The van der Waals surface area contributed by atoms with Gasteiger partial charge in [-0.05, 0) is 33.4 Å². The summed E-state index contributed by atoms with van der Waals surface area (Å²) in [6, 6.07) is 7.01. The number of nitrogens with one attached hydrogen (secondary N) is 1. The van der Waals surface area contributed by atoms with Gasteiger partial charge in [0.25, 0.3) is 0 Å². The quantitative estimate of drug-likeness (QED) is 0.860. The van der Waals surface area contributed by atoms with E-state index in [0.717, 1.165) is 16.7 Å². The van der Waals surface area contributed by atoms with E-state index in [0.29, 0.717) is 6.04 Å². The summed E-state index contributed by atoms with van der Waals surface area (Å²) in [5.74, 6) is 1.88. The van der Waals surface area contributed by atoms with E-state index in [1.165, 1.54) is 16.7 Å². The molecule has 0 bridgehead atoms. The van der Waals surface area contributed by atoms with Crippen LogP contribution in [0.1, 0.15) is 28.6 Å². The number of hydrogen-bond donors (Lipinski definition) is 1. The van der Waals surface area contributed by atoms with Crippen LogP contribution in [0, 0.1) is 20.8 Å². The van der Waals surface area contributed by atoms with Gasteiger partial charge in [-0.25, -0.2) is 0 Å². The third-order valence-electron chi connectivity index (χ3n) is 3.43. The number of thioether (sulfide) groups is 1. The lowest BCUT2D eigenvalue weighted by molar-refractivity contribution is 0.658. The van der Waals surface area contributed by atoms with Crippen molar-refractivity contribution in [3.05, 3.63) is 40.7 Å². The van der Waals surface area contributed by atoms with Crippen LogP contribution in [0.4, 0.5) is 0 Å². The van der Waals surface area contributed by atoms with Crippen molar-refractivity contribution in [2.45, 2.75) is 32.0 Å². The Morgan fingerprint density at radius 3 is 2.30 bits per heavy atom. The Balaban J connectivity index is 2.11. The first-order valence-corrected chi connectivity index (χ1v) is 7.74. The van der Waals surface area contributed by atoms with Crippen LogP contribution in [0.2, 0.25) is 0 Å². The molecule has 1 aromatic carbocycles. The van der Waals surface area contributed by atoms with E-state index in [1.54, 1.807) is 11.8 Å². The summed E-state index contributed by atoms with van der Waals surface area (Å²) >= 11 is 1.73. The Morgan fingerprint density at radius 2 is 1.80 bits per heavy atom. The van der Waals surface area contributed by atoms with Crippen molar-refractivity contribution < 1.29 is 0 Å². The van der Waals surface area contributed by atoms with Gasteiger partial charge in [-0.15, -0.1) is 10.2 Å². The normalized spacial score (nSPS) is 12.7. The van der Waals surface area contributed by atoms with E-state index >= 15 is 0 Å². The van der Waals surface area contributed by atoms with Crippen LogP contribution in [0.3, 0.4) is 0 Å². The van der Waals surface area contributed by atoms with Crippen molar-refractivity contribution in [2.75, 3.05) is 12.8 Å². The second-order valence-electron chi connectivity index (χ2n) is 5.16. The fourth-order valence-electron chi connectivity index (χ4n) is 2.23. The lowest BCUT2D eigenvalue weighted by atomic mass is 10.0. The standard InChI is InChI=1S/C15H22N4S/c1-10-6-11(2)8-13(7-10)14(16-4)9-20-15-18-17-12(3)19(15)5/h6-8,14,16H,9H2,1-5H3. The lowest BCUT2D eigenvalue weighted by Crippen LogP contribution is -2.19. The highest BCUT2D eigenvalue weighted by Crippen LogP contribution is 2.24. The van der Waals surface area contributed by atoms with Crippen LogP contribution in [0.25, 0.3) is 0 Å². The van der Waals surface area contributed by atoms with Gasteiger partial charge in [-0.2, -0.15) is 0 Å². The van der Waals surface area contributed by atoms with Gasteiger partial charge in [0.05, 0.1) is 0 Å². The smallest absolute Gasteiger partial charge is 0.191 e. The Morgan fingerprint density at radius 1 is 1.15 bits per heavy atom. The topological polar surface area (TPSA) is 42.7 Å². The number of aryl methyl sites for hydroxylation is 3. The zero-order chi connectivity index (χ0) is 14.7. The minimum Gasteiger partial charge on any atom is -0.312 e. The first-order valence-electron chi connectivity index (χ1n) is 6.75. The van der Waals surface area contributed by atoms with Gasteiger partial charge in [0.1, 0.15) is 5.82 Å². The van der Waals surface area contributed by atoms with Gasteiger partial charge in [0.15, 0.2) is 5.16 Å². The third-order valence-corrected chi connectivity index (χ3v) is 4.54. The van der Waals surface area contributed by atoms with E-state index < -0.39 is 0 Å². The molecule has 2 aromatic rings. The molecule has 4 nitrogen and oxygen atoms in total. The summed E-state index contributed by atoms with van der Waals surface area (Å²) in [6.07, 6.45) is 0. The van der Waals surface area contributed by atoms with Crippen LogP contribution in [-0.2, 0) is 7.05 Å².